The molecule has 0 unspecified atom stereocenters. The molecule has 0 aromatic heterocycles. The predicted octanol–water partition coefficient (Wildman–Crippen LogP) is -1.00. The fraction of sp³-hybridized carbons (Fsp3) is 0. The van der Waals surface area contributed by atoms with Crippen molar-refractivity contribution < 1.29 is 14.8 Å². The number of hydrogen-bond donors (Lipinski definition) is 2. The van der Waals surface area contributed by atoms with Crippen LogP contribution in [-0.4, -0.2) is 15.7 Å². The maximum atomic E-state index is 7.30. The molecule has 0 amide bonds. The average Bonchev–Trinajstić information content (AvgIpc) is 1.41. The summed E-state index contributed by atoms with van der Waals surface area (Å²) in [5, 5.41) is 7.30. The summed E-state index contributed by atoms with van der Waals surface area (Å²) in [6.07, 6.45) is 0. The number of rotatable bonds is 2. The molecule has 0 aliphatic rings. The van der Waals surface area contributed by atoms with Crippen molar-refractivity contribution in [3.05, 3.63) is 0 Å². The van der Waals surface area contributed by atoms with Gasteiger partial charge in [0.15, 0.2) is 0 Å². The van der Waals surface area contributed by atoms with E-state index < -0.39 is 0 Å². The van der Waals surface area contributed by atoms with Crippen LogP contribution >= 0.6 is 0 Å². The van der Waals surface area contributed by atoms with Crippen LogP contribution in [0, 0.1) is 0 Å². The van der Waals surface area contributed by atoms with Crippen molar-refractivity contribution in [1.29, 1.82) is 0 Å². The van der Waals surface area contributed by atoms with E-state index in [1.165, 1.54) is 0 Å². The summed E-state index contributed by atoms with van der Waals surface area (Å²) in [6, 6.07) is 0. The summed E-state index contributed by atoms with van der Waals surface area (Å²) >= 11 is 0. The summed E-state index contributed by atoms with van der Waals surface area (Å²) in [7, 11) is 2.45. The lowest BCUT2D eigenvalue weighted by molar-refractivity contribution is -0.346. The summed E-state index contributed by atoms with van der Waals surface area (Å²) in [5.74, 6) is 0. The van der Waals surface area contributed by atoms with Crippen molar-refractivity contribution in [3.8, 4) is 0 Å². The summed E-state index contributed by atoms with van der Waals surface area (Å²) in [6.45, 7) is 0. The van der Waals surface area contributed by atoms with E-state index in [-0.39, 0.29) is 0 Å². The van der Waals surface area contributed by atoms with E-state index in [0.29, 0.717) is 0 Å². The van der Waals surface area contributed by atoms with Crippen LogP contribution in [-0.2, 0) is 9.52 Å². The van der Waals surface area contributed by atoms with Gasteiger partial charge in [0.05, 0.1) is 0 Å². The fourth-order valence-corrected chi connectivity index (χ4v) is 0.0559. The smallest absolute Gasteiger partial charge is 0.284 e. The van der Waals surface area contributed by atoms with E-state index in [9.17, 15) is 0 Å². The molecule has 0 spiro atoms. The van der Waals surface area contributed by atoms with Crippen molar-refractivity contribution in [2.45, 2.75) is 0 Å². The van der Waals surface area contributed by atoms with Gasteiger partial charge >= 0.3 is 0 Å². The van der Waals surface area contributed by atoms with Gasteiger partial charge in [0.1, 0.15) is 0 Å². The number of nitrogens with one attached hydrogen (secondary N) is 1. The summed E-state index contributed by atoms with van der Waals surface area (Å²) in [5.41, 5.74) is 1.58. The zero-order valence-corrected chi connectivity index (χ0v) is 3.26. The highest BCUT2D eigenvalue weighted by Crippen LogP contribution is 1.43. The molecule has 0 fully saturated rings. The second-order valence-electron chi connectivity index (χ2n) is 0.277. The molecular weight excluding hydrogens is 90.1 g/mol. The van der Waals surface area contributed by atoms with Gasteiger partial charge in [-0.05, 0) is 0 Å². The molecule has 0 rings (SSSR count). The standard InChI is InChI=1S/H2NO3Si/c2-3-1-4-5/h1-2H. The second-order valence-corrected chi connectivity index (χ2v) is 0.481. The Labute approximate surface area is 32.1 Å². The SMILES string of the molecule is OONO[Si]. The minimum Gasteiger partial charge on any atom is -0.323 e. The van der Waals surface area contributed by atoms with E-state index in [2.05, 4.69) is 20.0 Å². The van der Waals surface area contributed by atoms with Gasteiger partial charge in [-0.15, -0.1) is 4.99 Å². The largest absolute Gasteiger partial charge is 0.323 e. The lowest BCUT2D eigenvalue weighted by Crippen LogP contribution is -2.09. The van der Waals surface area contributed by atoms with Crippen LogP contribution in [0.5, 0.6) is 0 Å². The normalized spacial score (nSPS) is 8.40. The zero-order valence-electron chi connectivity index (χ0n) is 2.26. The molecule has 5 heteroatoms. The van der Waals surface area contributed by atoms with Crippen molar-refractivity contribution in [1.82, 2.24) is 5.64 Å². The molecule has 3 radical (unpaired) electrons. The van der Waals surface area contributed by atoms with E-state index in [0.717, 1.165) is 0 Å². The van der Waals surface area contributed by atoms with Gasteiger partial charge in [0, 0.05) is 0 Å². The van der Waals surface area contributed by atoms with Crippen molar-refractivity contribution >= 4 is 10.5 Å². The Kier molecular flexibility index (Phi) is 4.10. The first kappa shape index (κ1) is 5.06. The minimum absolute atomic E-state index is 1.58. The quantitative estimate of drug-likeness (QED) is 0.260. The van der Waals surface area contributed by atoms with Crippen molar-refractivity contribution in [2.75, 3.05) is 0 Å². The average molecular weight is 92.1 g/mol. The van der Waals surface area contributed by atoms with Crippen LogP contribution in [0.15, 0.2) is 0 Å². The molecule has 0 aliphatic carbocycles. The Morgan fingerprint density at radius 3 is 2.40 bits per heavy atom. The first-order valence-corrected chi connectivity index (χ1v) is 1.20. The fourth-order valence-electron chi connectivity index (χ4n) is 0.0186. The van der Waals surface area contributed by atoms with Gasteiger partial charge in [0.2, 0.25) is 0 Å². The van der Waals surface area contributed by atoms with Crippen LogP contribution in [0.1, 0.15) is 0 Å². The summed E-state index contributed by atoms with van der Waals surface area (Å²) in [4.78, 5) is 3.17. The molecule has 29 valence electrons. The monoisotopic (exact) mass is 92.0 g/mol. The third-order valence-corrected chi connectivity index (χ3v) is 0.162. The highest BCUT2D eigenvalue weighted by molar-refractivity contribution is 5.97. The molecule has 0 aromatic rings. The molecule has 0 aromatic carbocycles. The lowest BCUT2D eigenvalue weighted by atomic mass is 13.2. The Morgan fingerprint density at radius 2 is 2.40 bits per heavy atom. The third-order valence-electron chi connectivity index (χ3n) is 0.0789. The maximum absolute atomic E-state index is 7.30. The lowest BCUT2D eigenvalue weighted by Gasteiger charge is -1.87. The number of hydrogen-bond acceptors (Lipinski definition) is 4. The van der Waals surface area contributed by atoms with E-state index in [1.54, 1.807) is 5.64 Å². The molecule has 0 saturated carbocycles. The van der Waals surface area contributed by atoms with Gasteiger partial charge in [-0.2, -0.15) is 0 Å². The maximum Gasteiger partial charge on any atom is 0.284 e. The predicted molar refractivity (Wildman–Crippen MR) is 13.7 cm³/mol. The van der Waals surface area contributed by atoms with Crippen molar-refractivity contribution in [3.63, 3.8) is 0 Å². The molecule has 2 N–H and O–H groups in total. The van der Waals surface area contributed by atoms with Crippen LogP contribution in [0.4, 0.5) is 0 Å². The van der Waals surface area contributed by atoms with Crippen LogP contribution < -0.4 is 5.64 Å². The molecule has 0 saturated heterocycles. The Balaban J connectivity index is 2.19. The van der Waals surface area contributed by atoms with Gasteiger partial charge in [-0.25, -0.2) is 5.26 Å². The highest BCUT2D eigenvalue weighted by Gasteiger charge is 1.62. The third kappa shape index (κ3) is 4.06. The second kappa shape index (κ2) is 4.06. The van der Waals surface area contributed by atoms with Gasteiger partial charge < -0.3 is 4.53 Å². The molecule has 0 aliphatic heterocycles. The van der Waals surface area contributed by atoms with E-state index in [4.69, 9.17) is 5.26 Å². The van der Waals surface area contributed by atoms with Gasteiger partial charge in [-0.1, -0.05) is 5.64 Å². The molecule has 0 bridgehead atoms. The van der Waals surface area contributed by atoms with Crippen LogP contribution in [0.2, 0.25) is 0 Å². The Hall–Kier alpha value is 0.0569. The van der Waals surface area contributed by atoms with Crippen LogP contribution in [0.3, 0.4) is 0 Å². The Bertz CT molecular complexity index is 14.4. The molecule has 0 heterocycles. The van der Waals surface area contributed by atoms with Crippen molar-refractivity contribution in [2.24, 2.45) is 0 Å². The summed E-state index contributed by atoms with van der Waals surface area (Å²) < 4.78 is 3.77. The zero-order chi connectivity index (χ0) is 4.12. The van der Waals surface area contributed by atoms with Gasteiger partial charge in [0.25, 0.3) is 10.5 Å². The van der Waals surface area contributed by atoms with Gasteiger partial charge in [-0.3, -0.25) is 0 Å². The van der Waals surface area contributed by atoms with Crippen LogP contribution in [0.25, 0.3) is 0 Å². The molecule has 0 atom stereocenters. The minimum atomic E-state index is 1.58. The molecule has 4 nitrogen and oxygen atoms in total. The first-order chi connectivity index (χ1) is 2.41. The van der Waals surface area contributed by atoms with E-state index in [1.807, 2.05) is 0 Å². The molecular formula is H2NO3Si. The van der Waals surface area contributed by atoms with E-state index >= 15 is 0 Å². The molecule has 5 heavy (non-hydrogen) atoms. The Morgan fingerprint density at radius 1 is 1.80 bits per heavy atom. The first-order valence-electron chi connectivity index (χ1n) is 0.795. The highest BCUT2D eigenvalue weighted by atomic mass is 28.2. The topological polar surface area (TPSA) is 50.7 Å².